The molecule has 23 heavy (non-hydrogen) atoms. The zero-order chi connectivity index (χ0) is 16.8. The molecule has 0 spiro atoms. The Bertz CT molecular complexity index is 671. The summed E-state index contributed by atoms with van der Waals surface area (Å²) in [6.45, 7) is 3.71. The number of nitrogens with zero attached hydrogens (tertiary/aromatic N) is 2. The molecule has 122 valence electrons. The predicted octanol–water partition coefficient (Wildman–Crippen LogP) is 3.38. The van der Waals surface area contributed by atoms with Crippen molar-refractivity contribution in [2.75, 3.05) is 37.8 Å². The molecule has 0 bridgehead atoms. The Labute approximate surface area is 145 Å². The summed E-state index contributed by atoms with van der Waals surface area (Å²) < 4.78 is 1.02. The van der Waals surface area contributed by atoms with E-state index in [-0.39, 0.29) is 5.91 Å². The molecular formula is C17H21BrN4O. The number of halogens is 1. The highest BCUT2D eigenvalue weighted by molar-refractivity contribution is 9.10. The number of carbonyl (C=O) groups is 1. The van der Waals surface area contributed by atoms with Crippen LogP contribution in [0.4, 0.5) is 11.5 Å². The van der Waals surface area contributed by atoms with Gasteiger partial charge >= 0.3 is 0 Å². The smallest absolute Gasteiger partial charge is 0.257 e. The lowest BCUT2D eigenvalue weighted by atomic mass is 10.2. The number of nitrogens with one attached hydrogen (secondary N) is 2. The molecule has 1 heterocycles. The van der Waals surface area contributed by atoms with Crippen LogP contribution in [0.2, 0.25) is 0 Å². The third-order valence-corrected chi connectivity index (χ3v) is 4.20. The number of aromatic nitrogens is 1. The molecule has 1 amide bonds. The number of anilines is 2. The molecule has 0 unspecified atom stereocenters. The number of likely N-dealkylation sites (N-methyl/N-ethyl adjacent to an activating group) is 1. The van der Waals surface area contributed by atoms with Gasteiger partial charge in [-0.2, -0.15) is 0 Å². The minimum Gasteiger partial charge on any atom is -0.369 e. The van der Waals surface area contributed by atoms with Crippen LogP contribution < -0.4 is 10.6 Å². The second-order valence-corrected chi connectivity index (χ2v) is 6.43. The van der Waals surface area contributed by atoms with E-state index in [4.69, 9.17) is 0 Å². The molecule has 2 N–H and O–H groups in total. The van der Waals surface area contributed by atoms with Gasteiger partial charge in [0.15, 0.2) is 0 Å². The third-order valence-electron chi connectivity index (χ3n) is 3.31. The topological polar surface area (TPSA) is 57.3 Å². The number of aryl methyl sites for hydroxylation is 1. The maximum absolute atomic E-state index is 12.2. The van der Waals surface area contributed by atoms with Crippen molar-refractivity contribution < 1.29 is 4.79 Å². The van der Waals surface area contributed by atoms with Crippen LogP contribution in [0.5, 0.6) is 0 Å². The Morgan fingerprint density at radius 1 is 1.26 bits per heavy atom. The van der Waals surface area contributed by atoms with Gasteiger partial charge in [-0.25, -0.2) is 4.98 Å². The van der Waals surface area contributed by atoms with Gasteiger partial charge in [0.25, 0.3) is 5.91 Å². The Kier molecular flexibility index (Phi) is 6.12. The van der Waals surface area contributed by atoms with Gasteiger partial charge in [0.05, 0.1) is 5.56 Å². The van der Waals surface area contributed by atoms with Crippen LogP contribution in [-0.2, 0) is 0 Å². The highest BCUT2D eigenvalue weighted by Gasteiger charge is 2.07. The maximum Gasteiger partial charge on any atom is 0.257 e. The molecule has 5 nitrogen and oxygen atoms in total. The Hall–Kier alpha value is -1.92. The minimum absolute atomic E-state index is 0.168. The van der Waals surface area contributed by atoms with Crippen LogP contribution in [-0.4, -0.2) is 43.0 Å². The summed E-state index contributed by atoms with van der Waals surface area (Å²) in [5.41, 5.74) is 2.37. The van der Waals surface area contributed by atoms with E-state index in [2.05, 4.69) is 36.4 Å². The predicted molar refractivity (Wildman–Crippen MR) is 98.1 cm³/mol. The van der Waals surface area contributed by atoms with E-state index in [9.17, 15) is 4.79 Å². The Morgan fingerprint density at radius 3 is 2.65 bits per heavy atom. The molecule has 2 rings (SSSR count). The van der Waals surface area contributed by atoms with Crippen LogP contribution in [0.3, 0.4) is 0 Å². The second-order valence-electron chi connectivity index (χ2n) is 5.58. The van der Waals surface area contributed by atoms with Gasteiger partial charge in [-0.3, -0.25) is 4.79 Å². The van der Waals surface area contributed by atoms with E-state index >= 15 is 0 Å². The summed E-state index contributed by atoms with van der Waals surface area (Å²) in [5.74, 6) is 0.599. The van der Waals surface area contributed by atoms with Gasteiger partial charge in [0.2, 0.25) is 0 Å². The lowest BCUT2D eigenvalue weighted by molar-refractivity contribution is 0.102. The Balaban J connectivity index is 1.95. The number of hydrogen-bond acceptors (Lipinski definition) is 4. The van der Waals surface area contributed by atoms with Gasteiger partial charge in [0, 0.05) is 29.4 Å². The van der Waals surface area contributed by atoms with Crippen molar-refractivity contribution in [1.29, 1.82) is 0 Å². The minimum atomic E-state index is -0.168. The van der Waals surface area contributed by atoms with Crippen molar-refractivity contribution in [2.24, 2.45) is 0 Å². The van der Waals surface area contributed by atoms with Crippen LogP contribution >= 0.6 is 15.9 Å². The molecule has 0 aliphatic heterocycles. The van der Waals surface area contributed by atoms with Gasteiger partial charge in [0.1, 0.15) is 5.82 Å². The lowest BCUT2D eigenvalue weighted by Crippen LogP contribution is -2.21. The standard InChI is InChI=1S/C17H21BrN4O/c1-12-10-14(5-6-15(12)18)21-17(23)13-4-7-16(20-11-13)19-8-9-22(2)3/h4-7,10-11H,8-9H2,1-3H3,(H,19,20)(H,21,23). The summed E-state index contributed by atoms with van der Waals surface area (Å²) in [7, 11) is 4.04. The van der Waals surface area contributed by atoms with Crippen LogP contribution in [0.1, 0.15) is 15.9 Å². The number of rotatable bonds is 6. The van der Waals surface area contributed by atoms with Crippen molar-refractivity contribution in [3.63, 3.8) is 0 Å². The number of pyridine rings is 1. The van der Waals surface area contributed by atoms with Crippen molar-refractivity contribution in [1.82, 2.24) is 9.88 Å². The molecule has 2 aromatic rings. The van der Waals surface area contributed by atoms with Crippen molar-refractivity contribution >= 4 is 33.3 Å². The summed E-state index contributed by atoms with van der Waals surface area (Å²) in [6, 6.07) is 9.29. The fourth-order valence-corrected chi connectivity index (χ4v) is 2.21. The first-order chi connectivity index (χ1) is 11.0. The molecule has 0 aliphatic carbocycles. The van der Waals surface area contributed by atoms with E-state index in [0.717, 1.165) is 34.6 Å². The summed E-state index contributed by atoms with van der Waals surface area (Å²) >= 11 is 3.45. The molecule has 1 aromatic carbocycles. The van der Waals surface area contributed by atoms with E-state index < -0.39 is 0 Å². The number of amides is 1. The Morgan fingerprint density at radius 2 is 2.04 bits per heavy atom. The molecular weight excluding hydrogens is 356 g/mol. The van der Waals surface area contributed by atoms with Gasteiger partial charge in [-0.15, -0.1) is 0 Å². The average Bonchev–Trinajstić information content (AvgIpc) is 2.51. The molecule has 0 atom stereocenters. The quantitative estimate of drug-likeness (QED) is 0.811. The van der Waals surface area contributed by atoms with Crippen molar-refractivity contribution in [3.8, 4) is 0 Å². The normalized spacial score (nSPS) is 10.7. The largest absolute Gasteiger partial charge is 0.369 e. The van der Waals surface area contributed by atoms with Gasteiger partial charge in [-0.1, -0.05) is 15.9 Å². The average molecular weight is 377 g/mol. The third kappa shape index (κ3) is 5.33. The summed E-state index contributed by atoms with van der Waals surface area (Å²) in [6.07, 6.45) is 1.58. The first-order valence-corrected chi connectivity index (χ1v) is 8.17. The monoisotopic (exact) mass is 376 g/mol. The van der Waals surface area contributed by atoms with Crippen LogP contribution in [0, 0.1) is 6.92 Å². The summed E-state index contributed by atoms with van der Waals surface area (Å²) in [4.78, 5) is 18.6. The molecule has 1 aromatic heterocycles. The van der Waals surface area contributed by atoms with Crippen LogP contribution in [0.15, 0.2) is 41.0 Å². The number of benzene rings is 1. The zero-order valence-electron chi connectivity index (χ0n) is 13.6. The van der Waals surface area contributed by atoms with E-state index in [1.807, 2.05) is 45.3 Å². The van der Waals surface area contributed by atoms with Gasteiger partial charge in [-0.05, 0) is 56.9 Å². The molecule has 0 aliphatic rings. The number of hydrogen-bond donors (Lipinski definition) is 2. The maximum atomic E-state index is 12.2. The molecule has 0 fully saturated rings. The first-order valence-electron chi connectivity index (χ1n) is 7.38. The SMILES string of the molecule is Cc1cc(NC(=O)c2ccc(NCCN(C)C)nc2)ccc1Br. The van der Waals surface area contributed by atoms with E-state index in [1.165, 1.54) is 0 Å². The van der Waals surface area contributed by atoms with Crippen molar-refractivity contribution in [2.45, 2.75) is 6.92 Å². The van der Waals surface area contributed by atoms with Gasteiger partial charge < -0.3 is 15.5 Å². The molecule has 6 heteroatoms. The molecule has 0 saturated heterocycles. The lowest BCUT2D eigenvalue weighted by Gasteiger charge is -2.11. The van der Waals surface area contributed by atoms with Crippen LogP contribution in [0.25, 0.3) is 0 Å². The second kappa shape index (κ2) is 8.08. The zero-order valence-corrected chi connectivity index (χ0v) is 15.1. The van der Waals surface area contributed by atoms with Crippen molar-refractivity contribution in [3.05, 3.63) is 52.1 Å². The fourth-order valence-electron chi connectivity index (χ4n) is 1.97. The first kappa shape index (κ1) is 17.4. The highest BCUT2D eigenvalue weighted by Crippen LogP contribution is 2.20. The fraction of sp³-hybridized carbons (Fsp3) is 0.294. The summed E-state index contributed by atoms with van der Waals surface area (Å²) in [5, 5.41) is 6.09. The highest BCUT2D eigenvalue weighted by atomic mass is 79.9. The number of carbonyl (C=O) groups excluding carboxylic acids is 1. The molecule has 0 saturated carbocycles. The van der Waals surface area contributed by atoms with E-state index in [1.54, 1.807) is 12.3 Å². The van der Waals surface area contributed by atoms with E-state index in [0.29, 0.717) is 5.56 Å². The molecule has 0 radical (unpaired) electrons.